The van der Waals surface area contributed by atoms with Crippen molar-refractivity contribution in [3.05, 3.63) is 50.4 Å². The highest BCUT2D eigenvalue weighted by molar-refractivity contribution is 5.81. The molecule has 0 amide bonds. The zero-order chi connectivity index (χ0) is 21.9. The molecule has 3 rings (SSSR count). The minimum atomic E-state index is -0.471. The first-order valence-corrected chi connectivity index (χ1v) is 10.5. The molecular formula is C25H34O4. The van der Waals surface area contributed by atoms with Crippen LogP contribution in [-0.2, 0) is 10.2 Å². The summed E-state index contributed by atoms with van der Waals surface area (Å²) >= 11 is 0. The van der Waals surface area contributed by atoms with Gasteiger partial charge in [0.2, 0.25) is 0 Å². The van der Waals surface area contributed by atoms with Crippen LogP contribution in [0.2, 0.25) is 0 Å². The van der Waals surface area contributed by atoms with Crippen LogP contribution in [-0.4, -0.2) is 12.9 Å². The molecule has 4 heteroatoms. The molecule has 158 valence electrons. The Bertz CT molecular complexity index is 979. The molecule has 1 saturated carbocycles. The van der Waals surface area contributed by atoms with Gasteiger partial charge in [-0.15, -0.1) is 0 Å². The summed E-state index contributed by atoms with van der Waals surface area (Å²) in [5, 5.41) is 0. The average Bonchev–Trinajstić information content (AvgIpc) is 2.64. The maximum Gasteiger partial charge on any atom is 0.291 e. The van der Waals surface area contributed by atoms with Crippen LogP contribution in [0.25, 0.3) is 0 Å². The SMILES string of the molecule is CCC(=O)[C@H](C)[C@@H]1[C@@]2(C)C=C(C)C=C(C)[C@H]2[C@@]1(C)c1oc(OC)c(C)c(=O)c1C. The van der Waals surface area contributed by atoms with Crippen LogP contribution in [0.4, 0.5) is 0 Å². The van der Waals surface area contributed by atoms with E-state index in [9.17, 15) is 9.59 Å². The summed E-state index contributed by atoms with van der Waals surface area (Å²) in [5.41, 5.74) is 2.92. The molecule has 1 heterocycles. The van der Waals surface area contributed by atoms with Crippen molar-refractivity contribution in [3.63, 3.8) is 0 Å². The monoisotopic (exact) mass is 398 g/mol. The maximum atomic E-state index is 13.0. The molecule has 0 aromatic carbocycles. The fraction of sp³-hybridized carbons (Fsp3) is 0.600. The molecule has 4 nitrogen and oxygen atoms in total. The second kappa shape index (κ2) is 7.00. The number of rotatable bonds is 5. The van der Waals surface area contributed by atoms with Crippen molar-refractivity contribution in [2.24, 2.45) is 23.2 Å². The van der Waals surface area contributed by atoms with Crippen molar-refractivity contribution < 1.29 is 13.9 Å². The molecule has 29 heavy (non-hydrogen) atoms. The van der Waals surface area contributed by atoms with Gasteiger partial charge in [-0.05, 0) is 39.0 Å². The average molecular weight is 399 g/mol. The summed E-state index contributed by atoms with van der Waals surface area (Å²) in [6, 6.07) is 0. The summed E-state index contributed by atoms with van der Waals surface area (Å²) in [6.07, 6.45) is 5.04. The molecular weight excluding hydrogens is 364 g/mol. The zero-order valence-corrected chi connectivity index (χ0v) is 19.2. The number of fused-ring (bicyclic) bond motifs is 1. The number of hydrogen-bond acceptors (Lipinski definition) is 4. The van der Waals surface area contributed by atoms with Gasteiger partial charge in [-0.3, -0.25) is 9.59 Å². The van der Waals surface area contributed by atoms with E-state index in [-0.39, 0.29) is 40.3 Å². The second-order valence-corrected chi connectivity index (χ2v) is 9.45. The Labute approximate surface area is 174 Å². The lowest BCUT2D eigenvalue weighted by molar-refractivity contribution is -0.146. The van der Waals surface area contributed by atoms with Gasteiger partial charge in [-0.2, -0.15) is 0 Å². The molecule has 0 N–H and O–H groups in total. The highest BCUT2D eigenvalue weighted by Crippen LogP contribution is 2.71. The summed E-state index contributed by atoms with van der Waals surface area (Å²) < 4.78 is 11.7. The Morgan fingerprint density at radius 2 is 1.83 bits per heavy atom. The summed E-state index contributed by atoms with van der Waals surface area (Å²) in [4.78, 5) is 25.8. The number of methoxy groups -OCH3 is 1. The van der Waals surface area contributed by atoms with Crippen molar-refractivity contribution in [1.82, 2.24) is 0 Å². The number of carbonyl (C=O) groups is 1. The molecule has 0 saturated heterocycles. The topological polar surface area (TPSA) is 56.5 Å². The molecule has 0 spiro atoms. The lowest BCUT2D eigenvalue weighted by atomic mass is 9.34. The fourth-order valence-corrected chi connectivity index (χ4v) is 6.94. The summed E-state index contributed by atoms with van der Waals surface area (Å²) in [6.45, 7) is 16.2. The number of Topliss-reactive ketones (excluding diaryl/α,β-unsaturated/α-hetero) is 1. The largest absolute Gasteiger partial charge is 0.468 e. The lowest BCUT2D eigenvalue weighted by Crippen LogP contribution is -2.68. The minimum Gasteiger partial charge on any atom is -0.468 e. The van der Waals surface area contributed by atoms with Gasteiger partial charge in [-0.1, -0.05) is 51.0 Å². The second-order valence-electron chi connectivity index (χ2n) is 9.45. The fourth-order valence-electron chi connectivity index (χ4n) is 6.94. The molecule has 1 fully saturated rings. The Morgan fingerprint density at radius 3 is 2.38 bits per heavy atom. The first kappa shape index (κ1) is 21.6. The highest BCUT2D eigenvalue weighted by atomic mass is 16.6. The molecule has 5 atom stereocenters. The predicted octanol–water partition coefficient (Wildman–Crippen LogP) is 5.30. The van der Waals surface area contributed by atoms with Crippen LogP contribution in [0.3, 0.4) is 0 Å². The van der Waals surface area contributed by atoms with Gasteiger partial charge in [0.15, 0.2) is 5.43 Å². The predicted molar refractivity (Wildman–Crippen MR) is 115 cm³/mol. The van der Waals surface area contributed by atoms with Gasteiger partial charge in [0, 0.05) is 29.2 Å². The van der Waals surface area contributed by atoms with Crippen molar-refractivity contribution in [2.45, 2.75) is 67.2 Å². The Hall–Kier alpha value is -2.10. The Balaban J connectivity index is 2.31. The van der Waals surface area contributed by atoms with E-state index in [4.69, 9.17) is 9.15 Å². The van der Waals surface area contributed by atoms with Crippen LogP contribution >= 0.6 is 0 Å². The van der Waals surface area contributed by atoms with E-state index in [1.807, 2.05) is 20.8 Å². The van der Waals surface area contributed by atoms with Crippen molar-refractivity contribution in [3.8, 4) is 5.95 Å². The van der Waals surface area contributed by atoms with Crippen LogP contribution in [0, 0.1) is 37.0 Å². The lowest BCUT2D eigenvalue weighted by Gasteiger charge is -2.68. The molecule has 2 aliphatic carbocycles. The Kier molecular flexibility index (Phi) is 5.21. The highest BCUT2D eigenvalue weighted by Gasteiger charge is 2.70. The maximum absolute atomic E-state index is 13.0. The van der Waals surface area contributed by atoms with E-state index in [1.54, 1.807) is 6.92 Å². The molecule has 0 unspecified atom stereocenters. The van der Waals surface area contributed by atoms with E-state index in [0.717, 1.165) is 0 Å². The molecule has 2 aliphatic rings. The number of ether oxygens (including phenoxy) is 1. The van der Waals surface area contributed by atoms with E-state index in [0.29, 0.717) is 23.3 Å². The first-order chi connectivity index (χ1) is 13.4. The number of hydrogen-bond donors (Lipinski definition) is 0. The van der Waals surface area contributed by atoms with Gasteiger partial charge in [0.05, 0.1) is 12.7 Å². The van der Waals surface area contributed by atoms with E-state index < -0.39 is 5.41 Å². The van der Waals surface area contributed by atoms with Gasteiger partial charge >= 0.3 is 0 Å². The smallest absolute Gasteiger partial charge is 0.291 e. The van der Waals surface area contributed by atoms with Crippen molar-refractivity contribution in [2.75, 3.05) is 7.11 Å². The van der Waals surface area contributed by atoms with Crippen LogP contribution in [0.1, 0.15) is 64.9 Å². The number of ketones is 1. The number of carbonyl (C=O) groups excluding carboxylic acids is 1. The molecule has 1 aromatic heterocycles. The van der Waals surface area contributed by atoms with E-state index in [1.165, 1.54) is 18.3 Å². The Morgan fingerprint density at radius 1 is 1.21 bits per heavy atom. The van der Waals surface area contributed by atoms with E-state index in [2.05, 4.69) is 39.8 Å². The molecule has 0 radical (unpaired) electrons. The van der Waals surface area contributed by atoms with Crippen LogP contribution in [0.5, 0.6) is 5.95 Å². The van der Waals surface area contributed by atoms with E-state index >= 15 is 0 Å². The third kappa shape index (κ3) is 2.78. The molecule has 0 aliphatic heterocycles. The normalized spacial score (nSPS) is 31.9. The van der Waals surface area contributed by atoms with Gasteiger partial charge in [0.25, 0.3) is 5.95 Å². The summed E-state index contributed by atoms with van der Waals surface area (Å²) in [5.74, 6) is 1.22. The minimum absolute atomic E-state index is 0.0281. The third-order valence-corrected chi connectivity index (χ3v) is 7.54. The molecule has 1 aromatic rings. The quantitative estimate of drug-likeness (QED) is 0.676. The number of allylic oxidation sites excluding steroid dienone is 4. The van der Waals surface area contributed by atoms with Gasteiger partial charge < -0.3 is 9.15 Å². The summed E-state index contributed by atoms with van der Waals surface area (Å²) in [7, 11) is 1.52. The molecule has 0 bridgehead atoms. The standard InChI is InChI=1S/C25H34O4/c1-10-18(26)15(4)21-24(7)12-13(2)11-14(3)20(24)25(21,8)22-16(5)19(27)17(6)23(28-9)29-22/h11-12,15,20-21H,10H2,1-9H3/t15-,20+,21+,24-,25+/m0/s1. The van der Waals surface area contributed by atoms with Crippen molar-refractivity contribution in [1.29, 1.82) is 0 Å². The van der Waals surface area contributed by atoms with Gasteiger partial charge in [0.1, 0.15) is 11.5 Å². The van der Waals surface area contributed by atoms with Crippen LogP contribution < -0.4 is 10.2 Å². The third-order valence-electron chi connectivity index (χ3n) is 7.54. The van der Waals surface area contributed by atoms with Crippen LogP contribution in [0.15, 0.2) is 32.5 Å². The van der Waals surface area contributed by atoms with Crippen molar-refractivity contribution >= 4 is 5.78 Å². The first-order valence-electron chi connectivity index (χ1n) is 10.5. The van der Waals surface area contributed by atoms with Gasteiger partial charge in [-0.25, -0.2) is 0 Å². The zero-order valence-electron chi connectivity index (χ0n) is 19.2.